The molecule has 1 aliphatic heterocycles. The highest BCUT2D eigenvalue weighted by Gasteiger charge is 2.41. The fourth-order valence-corrected chi connectivity index (χ4v) is 3.42. The Labute approximate surface area is 149 Å². The van der Waals surface area contributed by atoms with Crippen molar-refractivity contribution in [3.63, 3.8) is 0 Å². The number of carbonyl (C=O) groups excluding carboxylic acids is 1. The van der Waals surface area contributed by atoms with Gasteiger partial charge in [0.15, 0.2) is 5.60 Å². The minimum atomic E-state index is -1.31. The van der Waals surface area contributed by atoms with Crippen LogP contribution in [0.2, 0.25) is 0 Å². The lowest BCUT2D eigenvalue weighted by molar-refractivity contribution is -0.157. The summed E-state index contributed by atoms with van der Waals surface area (Å²) >= 11 is 0. The van der Waals surface area contributed by atoms with E-state index in [1.165, 1.54) is 5.56 Å². The quantitative estimate of drug-likeness (QED) is 0.851. The normalized spacial score (nSPS) is 20.7. The summed E-state index contributed by atoms with van der Waals surface area (Å²) in [4.78, 5) is 14.6. The van der Waals surface area contributed by atoms with E-state index in [9.17, 15) is 9.90 Å². The summed E-state index contributed by atoms with van der Waals surface area (Å²) < 4.78 is 0. The Morgan fingerprint density at radius 2 is 1.88 bits per heavy atom. The van der Waals surface area contributed by atoms with Gasteiger partial charge in [-0.1, -0.05) is 60.2 Å². The molecule has 1 atom stereocenters. The van der Waals surface area contributed by atoms with Gasteiger partial charge in [0.2, 0.25) is 0 Å². The number of carbonyl (C=O) groups is 1. The number of hydrogen-bond acceptors (Lipinski definition) is 3. The van der Waals surface area contributed by atoms with Gasteiger partial charge in [0.05, 0.1) is 0 Å². The van der Waals surface area contributed by atoms with Crippen molar-refractivity contribution in [1.29, 1.82) is 0 Å². The van der Waals surface area contributed by atoms with E-state index in [1.54, 1.807) is 4.90 Å². The van der Waals surface area contributed by atoms with Crippen LogP contribution in [-0.2, 0) is 17.9 Å². The molecule has 0 spiro atoms. The lowest BCUT2D eigenvalue weighted by Crippen LogP contribution is -2.57. The Morgan fingerprint density at radius 1 is 1.12 bits per heavy atom. The van der Waals surface area contributed by atoms with Crippen LogP contribution >= 0.6 is 0 Å². The minimum Gasteiger partial charge on any atom is -0.379 e. The molecule has 2 aromatic carbocycles. The molecule has 4 heteroatoms. The third-order valence-electron chi connectivity index (χ3n) is 4.75. The van der Waals surface area contributed by atoms with Crippen molar-refractivity contribution in [3.8, 4) is 0 Å². The zero-order valence-corrected chi connectivity index (χ0v) is 14.7. The molecular weight excluding hydrogens is 312 g/mol. The third kappa shape index (κ3) is 4.47. The molecule has 132 valence electrons. The molecule has 0 radical (unpaired) electrons. The lowest BCUT2D eigenvalue weighted by Gasteiger charge is -2.38. The van der Waals surface area contributed by atoms with Crippen LogP contribution < -0.4 is 5.32 Å². The molecule has 1 aliphatic rings. The van der Waals surface area contributed by atoms with E-state index >= 15 is 0 Å². The number of amides is 1. The molecular formula is C21H26N2O2. The molecule has 1 fully saturated rings. The van der Waals surface area contributed by atoms with Gasteiger partial charge in [0.25, 0.3) is 5.91 Å². The highest BCUT2D eigenvalue weighted by Crippen LogP contribution is 2.24. The molecule has 4 nitrogen and oxygen atoms in total. The monoisotopic (exact) mass is 338 g/mol. The minimum absolute atomic E-state index is 0.166. The summed E-state index contributed by atoms with van der Waals surface area (Å²) in [5.74, 6) is -0.166. The standard InChI is InChI=1S/C21H26N2O2/c1-17-7-5-10-19(13-17)15-23-12-6-11-21(25,20(23)24)16-22-14-18-8-3-2-4-9-18/h2-5,7-10,13,22,25H,6,11-12,14-16H2,1H3. The molecule has 1 saturated heterocycles. The maximum atomic E-state index is 12.8. The second kappa shape index (κ2) is 7.81. The number of hydrogen-bond donors (Lipinski definition) is 2. The predicted molar refractivity (Wildman–Crippen MR) is 98.9 cm³/mol. The van der Waals surface area contributed by atoms with Crippen molar-refractivity contribution >= 4 is 5.91 Å². The van der Waals surface area contributed by atoms with E-state index in [1.807, 2.05) is 55.5 Å². The van der Waals surface area contributed by atoms with Gasteiger partial charge < -0.3 is 15.3 Å². The zero-order chi connectivity index (χ0) is 17.7. The SMILES string of the molecule is Cc1cccc(CN2CCCC(O)(CNCc3ccccc3)C2=O)c1. The van der Waals surface area contributed by atoms with Crippen LogP contribution in [-0.4, -0.2) is 34.6 Å². The number of piperidine rings is 1. The van der Waals surface area contributed by atoms with Gasteiger partial charge in [-0.2, -0.15) is 0 Å². The summed E-state index contributed by atoms with van der Waals surface area (Å²) in [5.41, 5.74) is 2.12. The van der Waals surface area contributed by atoms with E-state index in [4.69, 9.17) is 0 Å². The van der Waals surface area contributed by atoms with Crippen LogP contribution in [0.25, 0.3) is 0 Å². The maximum absolute atomic E-state index is 12.8. The van der Waals surface area contributed by atoms with Crippen LogP contribution in [0.3, 0.4) is 0 Å². The Hall–Kier alpha value is -2.17. The molecule has 2 aromatic rings. The Bertz CT molecular complexity index is 717. The zero-order valence-electron chi connectivity index (χ0n) is 14.7. The molecule has 0 bridgehead atoms. The van der Waals surface area contributed by atoms with Crippen molar-refractivity contribution in [2.75, 3.05) is 13.1 Å². The van der Waals surface area contributed by atoms with Crippen LogP contribution in [0.1, 0.15) is 29.5 Å². The van der Waals surface area contributed by atoms with E-state index in [2.05, 4.69) is 11.4 Å². The van der Waals surface area contributed by atoms with Crippen LogP contribution in [0.15, 0.2) is 54.6 Å². The Kier molecular flexibility index (Phi) is 5.51. The highest BCUT2D eigenvalue weighted by atomic mass is 16.3. The maximum Gasteiger partial charge on any atom is 0.256 e. The molecule has 25 heavy (non-hydrogen) atoms. The van der Waals surface area contributed by atoms with Crippen molar-refractivity contribution in [2.45, 2.75) is 38.5 Å². The second-order valence-corrected chi connectivity index (χ2v) is 6.94. The van der Waals surface area contributed by atoms with Crippen LogP contribution in [0, 0.1) is 6.92 Å². The van der Waals surface area contributed by atoms with Gasteiger partial charge in [-0.25, -0.2) is 0 Å². The first kappa shape index (κ1) is 17.6. The molecule has 3 rings (SSSR count). The summed E-state index contributed by atoms with van der Waals surface area (Å²) in [6.45, 7) is 4.24. The van der Waals surface area contributed by atoms with Crippen molar-refractivity contribution < 1.29 is 9.90 Å². The third-order valence-corrected chi connectivity index (χ3v) is 4.75. The smallest absolute Gasteiger partial charge is 0.256 e. The average Bonchev–Trinajstić information content (AvgIpc) is 2.60. The number of nitrogens with zero attached hydrogens (tertiary/aromatic N) is 1. The molecule has 0 aromatic heterocycles. The molecule has 1 unspecified atom stereocenters. The molecule has 0 saturated carbocycles. The molecule has 1 amide bonds. The van der Waals surface area contributed by atoms with Crippen molar-refractivity contribution in [1.82, 2.24) is 10.2 Å². The Morgan fingerprint density at radius 3 is 2.64 bits per heavy atom. The highest BCUT2D eigenvalue weighted by molar-refractivity contribution is 5.86. The van der Waals surface area contributed by atoms with Crippen molar-refractivity contribution in [3.05, 3.63) is 71.3 Å². The average molecular weight is 338 g/mol. The van der Waals surface area contributed by atoms with E-state index in [0.29, 0.717) is 26.1 Å². The summed E-state index contributed by atoms with van der Waals surface area (Å²) in [5, 5.41) is 14.1. The number of aryl methyl sites for hydroxylation is 1. The van der Waals surface area contributed by atoms with E-state index in [-0.39, 0.29) is 12.5 Å². The number of benzene rings is 2. The van der Waals surface area contributed by atoms with E-state index < -0.39 is 5.60 Å². The number of nitrogens with one attached hydrogen (secondary N) is 1. The summed E-state index contributed by atoms with van der Waals surface area (Å²) in [6, 6.07) is 18.2. The van der Waals surface area contributed by atoms with Crippen LogP contribution in [0.4, 0.5) is 0 Å². The van der Waals surface area contributed by atoms with Gasteiger partial charge in [-0.05, 0) is 30.9 Å². The van der Waals surface area contributed by atoms with Gasteiger partial charge >= 0.3 is 0 Å². The number of aliphatic hydroxyl groups is 1. The van der Waals surface area contributed by atoms with Gasteiger partial charge in [-0.15, -0.1) is 0 Å². The fraction of sp³-hybridized carbons (Fsp3) is 0.381. The summed E-state index contributed by atoms with van der Waals surface area (Å²) in [7, 11) is 0. The lowest BCUT2D eigenvalue weighted by atomic mass is 9.91. The first-order valence-electron chi connectivity index (χ1n) is 8.89. The van der Waals surface area contributed by atoms with Gasteiger partial charge in [0.1, 0.15) is 0 Å². The summed E-state index contributed by atoms with van der Waals surface area (Å²) in [6.07, 6.45) is 1.33. The first-order valence-corrected chi connectivity index (χ1v) is 8.89. The van der Waals surface area contributed by atoms with Crippen molar-refractivity contribution in [2.24, 2.45) is 0 Å². The molecule has 0 aliphatic carbocycles. The van der Waals surface area contributed by atoms with E-state index in [0.717, 1.165) is 17.5 Å². The van der Waals surface area contributed by atoms with Gasteiger partial charge in [0, 0.05) is 26.2 Å². The topological polar surface area (TPSA) is 52.6 Å². The molecule has 2 N–H and O–H groups in total. The predicted octanol–water partition coefficient (Wildman–Crippen LogP) is 2.64. The number of rotatable bonds is 6. The van der Waals surface area contributed by atoms with Gasteiger partial charge in [-0.3, -0.25) is 4.79 Å². The van der Waals surface area contributed by atoms with Crippen LogP contribution in [0.5, 0.6) is 0 Å². The fourth-order valence-electron chi connectivity index (χ4n) is 3.42. The number of likely N-dealkylation sites (tertiary alicyclic amines) is 1. The second-order valence-electron chi connectivity index (χ2n) is 6.94. The largest absolute Gasteiger partial charge is 0.379 e. The Balaban J connectivity index is 1.60. The first-order chi connectivity index (χ1) is 12.1. The molecule has 1 heterocycles.